The van der Waals surface area contributed by atoms with Crippen molar-refractivity contribution >= 4 is 44.4 Å². The highest BCUT2D eigenvalue weighted by Gasteiger charge is 2.15. The number of nitrogens with zero attached hydrogens (tertiary/aromatic N) is 4. The molecule has 31 heavy (non-hydrogen) atoms. The molecule has 2 heterocycles. The molecule has 0 spiro atoms. The number of thioether (sulfide) groups is 1. The van der Waals surface area contributed by atoms with Gasteiger partial charge in [0, 0.05) is 6.54 Å². The number of aromatic nitrogens is 4. The molecule has 0 unspecified atom stereocenters. The number of thiazole rings is 1. The average molecular weight is 452 g/mol. The van der Waals surface area contributed by atoms with Crippen molar-refractivity contribution in [3.8, 4) is 5.75 Å². The second-order valence-electron chi connectivity index (χ2n) is 6.73. The molecule has 9 heteroatoms. The summed E-state index contributed by atoms with van der Waals surface area (Å²) in [6, 6.07) is 15.6. The summed E-state index contributed by atoms with van der Waals surface area (Å²) in [5.74, 6) is 1.51. The maximum atomic E-state index is 12.4. The van der Waals surface area contributed by atoms with Gasteiger partial charge in [0.25, 0.3) is 0 Å². The third-order valence-electron chi connectivity index (χ3n) is 4.34. The summed E-state index contributed by atoms with van der Waals surface area (Å²) in [5.41, 5.74) is 2.00. The van der Waals surface area contributed by atoms with Crippen LogP contribution in [0.3, 0.4) is 0 Å². The predicted octanol–water partition coefficient (Wildman–Crippen LogP) is 4.69. The number of fused-ring (bicyclic) bond motifs is 1. The summed E-state index contributed by atoms with van der Waals surface area (Å²) < 4.78 is 8.79. The zero-order valence-corrected chi connectivity index (χ0v) is 18.6. The maximum absolute atomic E-state index is 12.4. The molecule has 1 amide bonds. The number of allylic oxidation sites excluding steroid dienone is 1. The minimum Gasteiger partial charge on any atom is -0.486 e. The number of ether oxygens (including phenoxy) is 1. The van der Waals surface area contributed by atoms with Crippen molar-refractivity contribution in [3.63, 3.8) is 0 Å². The minimum absolute atomic E-state index is 0.144. The Kier molecular flexibility index (Phi) is 6.63. The summed E-state index contributed by atoms with van der Waals surface area (Å²) in [4.78, 5) is 16.8. The molecule has 0 aliphatic heterocycles. The summed E-state index contributed by atoms with van der Waals surface area (Å²) in [5, 5.41) is 12.6. The third-order valence-corrected chi connectivity index (χ3v) is 6.25. The van der Waals surface area contributed by atoms with Crippen LogP contribution in [0.2, 0.25) is 0 Å². The molecule has 7 nitrogen and oxygen atoms in total. The Morgan fingerprint density at radius 1 is 1.26 bits per heavy atom. The lowest BCUT2D eigenvalue weighted by molar-refractivity contribution is -0.113. The summed E-state index contributed by atoms with van der Waals surface area (Å²) in [7, 11) is 0. The van der Waals surface area contributed by atoms with Crippen molar-refractivity contribution in [3.05, 3.63) is 72.6 Å². The highest BCUT2D eigenvalue weighted by molar-refractivity contribution is 7.99. The van der Waals surface area contributed by atoms with Crippen LogP contribution in [0.25, 0.3) is 10.2 Å². The lowest BCUT2D eigenvalue weighted by atomic mass is 10.2. The van der Waals surface area contributed by atoms with E-state index in [0.717, 1.165) is 21.5 Å². The molecule has 0 aliphatic rings. The number of hydrogen-bond donors (Lipinski definition) is 1. The van der Waals surface area contributed by atoms with Gasteiger partial charge in [-0.05, 0) is 36.8 Å². The van der Waals surface area contributed by atoms with Crippen LogP contribution >= 0.6 is 23.1 Å². The van der Waals surface area contributed by atoms with Crippen LogP contribution in [0.5, 0.6) is 5.75 Å². The maximum Gasteiger partial charge on any atom is 0.236 e. The highest BCUT2D eigenvalue weighted by atomic mass is 32.2. The number of nitrogens with one attached hydrogen (secondary N) is 1. The Bertz CT molecular complexity index is 1180. The molecule has 2 aromatic carbocycles. The van der Waals surface area contributed by atoms with E-state index in [2.05, 4.69) is 27.1 Å². The van der Waals surface area contributed by atoms with Gasteiger partial charge in [-0.2, -0.15) is 0 Å². The van der Waals surface area contributed by atoms with E-state index in [0.29, 0.717) is 22.7 Å². The number of para-hydroxylation sites is 1. The van der Waals surface area contributed by atoms with E-state index in [1.54, 1.807) is 6.08 Å². The summed E-state index contributed by atoms with van der Waals surface area (Å²) in [6.45, 7) is 6.63. The number of anilines is 1. The van der Waals surface area contributed by atoms with E-state index in [9.17, 15) is 4.79 Å². The highest BCUT2D eigenvalue weighted by Crippen LogP contribution is 2.26. The van der Waals surface area contributed by atoms with E-state index < -0.39 is 0 Å². The topological polar surface area (TPSA) is 81.9 Å². The molecule has 0 bridgehead atoms. The van der Waals surface area contributed by atoms with Crippen molar-refractivity contribution in [1.29, 1.82) is 0 Å². The molecule has 158 valence electrons. The number of carbonyl (C=O) groups is 1. The number of rotatable bonds is 9. The lowest BCUT2D eigenvalue weighted by Gasteiger charge is -2.09. The zero-order valence-electron chi connectivity index (χ0n) is 16.9. The number of carbonyl (C=O) groups excluding carboxylic acids is 1. The number of aryl methyl sites for hydroxylation is 1. The van der Waals surface area contributed by atoms with Gasteiger partial charge in [0.1, 0.15) is 12.4 Å². The van der Waals surface area contributed by atoms with Crippen LogP contribution < -0.4 is 10.1 Å². The van der Waals surface area contributed by atoms with Crippen molar-refractivity contribution in [2.45, 2.75) is 25.2 Å². The van der Waals surface area contributed by atoms with Gasteiger partial charge in [-0.15, -0.1) is 16.8 Å². The normalized spacial score (nSPS) is 10.9. The molecule has 2 aromatic heterocycles. The molecule has 0 aliphatic carbocycles. The molecule has 0 radical (unpaired) electrons. The fraction of sp³-hybridized carbons (Fsp3) is 0.182. The van der Waals surface area contributed by atoms with Crippen LogP contribution in [-0.4, -0.2) is 31.4 Å². The quantitative estimate of drug-likeness (QED) is 0.294. The first-order valence-electron chi connectivity index (χ1n) is 9.63. The molecule has 4 rings (SSSR count). The average Bonchev–Trinajstić information content (AvgIpc) is 3.34. The lowest BCUT2D eigenvalue weighted by Crippen LogP contribution is -2.14. The molecule has 0 atom stereocenters. The molecule has 0 saturated heterocycles. The van der Waals surface area contributed by atoms with Gasteiger partial charge in [-0.25, -0.2) is 4.98 Å². The van der Waals surface area contributed by atoms with Crippen LogP contribution in [0.4, 0.5) is 5.13 Å². The van der Waals surface area contributed by atoms with Crippen LogP contribution in [0.15, 0.2) is 66.3 Å². The Morgan fingerprint density at radius 2 is 2.13 bits per heavy atom. The van der Waals surface area contributed by atoms with Gasteiger partial charge in [0.05, 0.1) is 16.0 Å². The Morgan fingerprint density at radius 3 is 2.94 bits per heavy atom. The van der Waals surface area contributed by atoms with Gasteiger partial charge < -0.3 is 10.1 Å². The molecular weight excluding hydrogens is 430 g/mol. The minimum atomic E-state index is -0.144. The number of hydrogen-bond acceptors (Lipinski definition) is 7. The monoisotopic (exact) mass is 451 g/mol. The number of benzene rings is 2. The Labute approximate surface area is 188 Å². The standard InChI is InChI=1S/C22H21N5O2S2/c1-3-11-27-19(13-29-16-8-6-7-15(2)12-16)25-26-22(27)30-14-20(28)24-21-23-17-9-4-5-10-18(17)31-21/h3-10,12H,1,11,13-14H2,2H3,(H,23,24,28). The van der Waals surface area contributed by atoms with Gasteiger partial charge >= 0.3 is 0 Å². The van der Waals surface area contributed by atoms with Crippen molar-refractivity contribution < 1.29 is 9.53 Å². The second kappa shape index (κ2) is 9.76. The van der Waals surface area contributed by atoms with E-state index in [-0.39, 0.29) is 18.3 Å². The van der Waals surface area contributed by atoms with Crippen LogP contribution in [0.1, 0.15) is 11.4 Å². The van der Waals surface area contributed by atoms with Crippen LogP contribution in [0, 0.1) is 6.92 Å². The molecular formula is C22H21N5O2S2. The van der Waals surface area contributed by atoms with Gasteiger partial charge in [0.15, 0.2) is 16.1 Å². The van der Waals surface area contributed by atoms with E-state index in [4.69, 9.17) is 4.74 Å². The largest absolute Gasteiger partial charge is 0.486 e. The van der Waals surface area contributed by atoms with Gasteiger partial charge in [-0.1, -0.05) is 53.4 Å². The van der Waals surface area contributed by atoms with E-state index in [1.165, 1.54) is 23.1 Å². The molecule has 0 fully saturated rings. The predicted molar refractivity (Wildman–Crippen MR) is 125 cm³/mol. The van der Waals surface area contributed by atoms with Crippen molar-refractivity contribution in [2.24, 2.45) is 0 Å². The van der Waals surface area contributed by atoms with E-state index in [1.807, 2.05) is 60.0 Å². The molecule has 0 saturated carbocycles. The SMILES string of the molecule is C=CCn1c(COc2cccc(C)c2)nnc1SCC(=O)Nc1nc2ccccc2s1. The fourth-order valence-corrected chi connectivity index (χ4v) is 4.56. The third kappa shape index (κ3) is 5.31. The van der Waals surface area contributed by atoms with Gasteiger partial charge in [-0.3, -0.25) is 9.36 Å². The molecule has 1 N–H and O–H groups in total. The Balaban J connectivity index is 1.38. The van der Waals surface area contributed by atoms with Crippen molar-refractivity contribution in [1.82, 2.24) is 19.7 Å². The number of amides is 1. The first-order chi connectivity index (χ1) is 15.1. The van der Waals surface area contributed by atoms with Crippen LogP contribution in [-0.2, 0) is 17.9 Å². The van der Waals surface area contributed by atoms with E-state index >= 15 is 0 Å². The smallest absolute Gasteiger partial charge is 0.236 e. The summed E-state index contributed by atoms with van der Waals surface area (Å²) in [6.07, 6.45) is 1.77. The van der Waals surface area contributed by atoms with Gasteiger partial charge in [0.2, 0.25) is 5.91 Å². The fourth-order valence-electron chi connectivity index (χ4n) is 2.91. The first kappa shape index (κ1) is 21.1. The second-order valence-corrected chi connectivity index (χ2v) is 8.70. The van der Waals surface area contributed by atoms with Crippen molar-refractivity contribution in [2.75, 3.05) is 11.1 Å². The zero-order chi connectivity index (χ0) is 21.6. The Hall–Kier alpha value is -3.17. The first-order valence-corrected chi connectivity index (χ1v) is 11.4. The molecule has 4 aromatic rings. The summed E-state index contributed by atoms with van der Waals surface area (Å²) >= 11 is 2.77.